The summed E-state index contributed by atoms with van der Waals surface area (Å²) in [6, 6.07) is 12.4. The molecule has 140 valence electrons. The molecule has 6 heteroatoms. The van der Waals surface area contributed by atoms with Crippen molar-refractivity contribution in [2.24, 2.45) is 0 Å². The molecule has 28 heavy (non-hydrogen) atoms. The number of hydrogen-bond acceptors (Lipinski definition) is 5. The molecule has 1 fully saturated rings. The van der Waals surface area contributed by atoms with E-state index in [1.54, 1.807) is 6.20 Å². The van der Waals surface area contributed by atoms with Crippen LogP contribution in [-0.4, -0.2) is 36.4 Å². The summed E-state index contributed by atoms with van der Waals surface area (Å²) in [7, 11) is 0. The molecule has 0 amide bonds. The quantitative estimate of drug-likeness (QED) is 0.587. The van der Waals surface area contributed by atoms with Gasteiger partial charge in [0.05, 0.1) is 17.1 Å². The van der Waals surface area contributed by atoms with Crippen LogP contribution in [0.3, 0.4) is 0 Å². The number of hydrogen-bond donors (Lipinski definition) is 1. The summed E-state index contributed by atoms with van der Waals surface area (Å²) >= 11 is 0. The molecule has 0 aliphatic carbocycles. The van der Waals surface area contributed by atoms with Crippen LogP contribution in [-0.2, 0) is 6.54 Å². The Morgan fingerprint density at radius 2 is 2.00 bits per heavy atom. The third-order valence-electron chi connectivity index (χ3n) is 5.32. The monoisotopic (exact) mass is 370 g/mol. The topological polar surface area (TPSA) is 70.6 Å². The normalized spacial score (nSPS) is 17.4. The number of benzene rings is 1. The lowest BCUT2D eigenvalue weighted by atomic mass is 10.2. The first kappa shape index (κ1) is 17.0. The second-order valence-corrected chi connectivity index (χ2v) is 7.40. The molecule has 1 atom stereocenters. The van der Waals surface area contributed by atoms with Gasteiger partial charge in [0.25, 0.3) is 0 Å². The number of likely N-dealkylation sites (tertiary alicyclic amines) is 1. The number of aryl methyl sites for hydroxylation is 1. The summed E-state index contributed by atoms with van der Waals surface area (Å²) < 4.78 is 0. The smallest absolute Gasteiger partial charge is 0.178 e. The van der Waals surface area contributed by atoms with Crippen molar-refractivity contribution in [3.8, 4) is 11.5 Å². The van der Waals surface area contributed by atoms with Gasteiger partial charge in [0, 0.05) is 30.7 Å². The predicted molar refractivity (Wildman–Crippen MR) is 108 cm³/mol. The highest BCUT2D eigenvalue weighted by Gasteiger charge is 2.28. The number of fused-ring (bicyclic) bond motifs is 1. The van der Waals surface area contributed by atoms with E-state index in [2.05, 4.69) is 50.0 Å². The highest BCUT2D eigenvalue weighted by Crippen LogP contribution is 2.32. The molecule has 0 saturated carbocycles. The number of nitrogens with one attached hydrogen (secondary N) is 1. The van der Waals surface area contributed by atoms with E-state index in [1.165, 1.54) is 12.0 Å². The Morgan fingerprint density at radius 1 is 1.11 bits per heavy atom. The minimum Gasteiger partial charge on any atom is -0.341 e. The van der Waals surface area contributed by atoms with Crippen molar-refractivity contribution < 1.29 is 0 Å². The molecule has 0 radical (unpaired) electrons. The Balaban J connectivity index is 1.35. The maximum atomic E-state index is 4.84. The highest BCUT2D eigenvalue weighted by atomic mass is 15.2. The molecular formula is C22H22N6. The van der Waals surface area contributed by atoms with Crippen LogP contribution in [0.4, 0.5) is 0 Å². The molecule has 3 aromatic heterocycles. The van der Waals surface area contributed by atoms with Gasteiger partial charge in [-0.2, -0.15) is 0 Å². The summed E-state index contributed by atoms with van der Waals surface area (Å²) in [6.07, 6.45) is 7.87. The SMILES string of the molecule is Cc1ccc2nc([C@@H]3CCCN3Cc3cnc(-c4ccccn4)nc3)[nH]c2c1. The molecule has 1 N–H and O–H groups in total. The van der Waals surface area contributed by atoms with Gasteiger partial charge < -0.3 is 4.98 Å². The van der Waals surface area contributed by atoms with Crippen LogP contribution in [0.5, 0.6) is 0 Å². The van der Waals surface area contributed by atoms with Crippen LogP contribution in [0.1, 0.15) is 35.8 Å². The van der Waals surface area contributed by atoms with Crippen LogP contribution in [0, 0.1) is 6.92 Å². The number of pyridine rings is 1. The summed E-state index contributed by atoms with van der Waals surface area (Å²) in [5.74, 6) is 1.72. The van der Waals surface area contributed by atoms with Crippen molar-refractivity contribution >= 4 is 11.0 Å². The van der Waals surface area contributed by atoms with Crippen LogP contribution in [0.25, 0.3) is 22.6 Å². The first-order chi connectivity index (χ1) is 13.8. The maximum Gasteiger partial charge on any atom is 0.178 e. The van der Waals surface area contributed by atoms with E-state index in [1.807, 2.05) is 30.6 Å². The van der Waals surface area contributed by atoms with E-state index in [0.29, 0.717) is 11.9 Å². The molecule has 0 spiro atoms. The van der Waals surface area contributed by atoms with Crippen molar-refractivity contribution in [3.05, 3.63) is 71.9 Å². The van der Waals surface area contributed by atoms with Gasteiger partial charge >= 0.3 is 0 Å². The van der Waals surface area contributed by atoms with Crippen LogP contribution < -0.4 is 0 Å². The second kappa shape index (κ2) is 7.13. The van der Waals surface area contributed by atoms with Gasteiger partial charge in [-0.3, -0.25) is 9.88 Å². The van der Waals surface area contributed by atoms with Crippen LogP contribution in [0.2, 0.25) is 0 Å². The van der Waals surface area contributed by atoms with Crippen LogP contribution >= 0.6 is 0 Å². The molecule has 4 aromatic rings. The zero-order valence-corrected chi connectivity index (χ0v) is 15.8. The molecule has 4 heterocycles. The van der Waals surface area contributed by atoms with Crippen molar-refractivity contribution in [2.75, 3.05) is 6.54 Å². The number of H-pyrrole nitrogens is 1. The van der Waals surface area contributed by atoms with Crippen molar-refractivity contribution in [1.82, 2.24) is 29.8 Å². The average molecular weight is 370 g/mol. The molecule has 0 unspecified atom stereocenters. The second-order valence-electron chi connectivity index (χ2n) is 7.40. The molecule has 1 aliphatic heterocycles. The van der Waals surface area contributed by atoms with E-state index < -0.39 is 0 Å². The molecule has 1 aromatic carbocycles. The lowest BCUT2D eigenvalue weighted by Crippen LogP contribution is -2.23. The largest absolute Gasteiger partial charge is 0.341 e. The zero-order valence-electron chi connectivity index (χ0n) is 15.8. The molecule has 5 rings (SSSR count). The van der Waals surface area contributed by atoms with Crippen molar-refractivity contribution in [3.63, 3.8) is 0 Å². The number of aromatic amines is 1. The van der Waals surface area contributed by atoms with Crippen LogP contribution in [0.15, 0.2) is 55.0 Å². The average Bonchev–Trinajstić information content (AvgIpc) is 3.35. The minimum absolute atomic E-state index is 0.308. The number of nitrogens with zero attached hydrogens (tertiary/aromatic N) is 5. The van der Waals surface area contributed by atoms with Gasteiger partial charge in [-0.1, -0.05) is 12.1 Å². The molecule has 6 nitrogen and oxygen atoms in total. The predicted octanol–water partition coefficient (Wildman–Crippen LogP) is 4.06. The van der Waals surface area contributed by atoms with E-state index in [-0.39, 0.29) is 0 Å². The maximum absolute atomic E-state index is 4.84. The Bertz CT molecular complexity index is 1090. The molecule has 0 bridgehead atoms. The van der Waals surface area contributed by atoms with Gasteiger partial charge in [-0.05, 0) is 56.1 Å². The molecule has 1 aliphatic rings. The van der Waals surface area contributed by atoms with Crippen molar-refractivity contribution in [1.29, 1.82) is 0 Å². The standard InChI is InChI=1S/C22H22N6/c1-15-7-8-17-19(11-15)27-22(26-17)20-6-4-10-28(20)14-16-12-24-21(25-13-16)18-5-2-3-9-23-18/h2-3,5,7-9,11-13,20H,4,6,10,14H2,1H3,(H,26,27)/t20-/m0/s1. The summed E-state index contributed by atoms with van der Waals surface area (Å²) in [6.45, 7) is 3.99. The Morgan fingerprint density at radius 3 is 2.82 bits per heavy atom. The van der Waals surface area contributed by atoms with E-state index in [0.717, 1.165) is 47.6 Å². The third-order valence-corrected chi connectivity index (χ3v) is 5.32. The van der Waals surface area contributed by atoms with Gasteiger partial charge in [-0.25, -0.2) is 15.0 Å². The zero-order chi connectivity index (χ0) is 18.9. The number of aromatic nitrogens is 5. The van der Waals surface area contributed by atoms with Gasteiger partial charge in [0.2, 0.25) is 0 Å². The Labute approximate surface area is 163 Å². The van der Waals surface area contributed by atoms with E-state index >= 15 is 0 Å². The summed E-state index contributed by atoms with van der Waals surface area (Å²) in [5.41, 5.74) is 5.31. The number of imidazole rings is 1. The van der Waals surface area contributed by atoms with Gasteiger partial charge in [0.15, 0.2) is 5.82 Å². The number of rotatable bonds is 4. The molecule has 1 saturated heterocycles. The fourth-order valence-electron chi connectivity index (χ4n) is 3.92. The Kier molecular flexibility index (Phi) is 4.33. The lowest BCUT2D eigenvalue weighted by molar-refractivity contribution is 0.240. The first-order valence-electron chi connectivity index (χ1n) is 9.69. The van der Waals surface area contributed by atoms with Gasteiger partial charge in [0.1, 0.15) is 11.5 Å². The highest BCUT2D eigenvalue weighted by molar-refractivity contribution is 5.75. The summed E-state index contributed by atoms with van der Waals surface area (Å²) in [4.78, 5) is 24.2. The molecular weight excluding hydrogens is 348 g/mol. The minimum atomic E-state index is 0.308. The lowest BCUT2D eigenvalue weighted by Gasteiger charge is -2.22. The van der Waals surface area contributed by atoms with E-state index in [9.17, 15) is 0 Å². The fraction of sp³-hybridized carbons (Fsp3) is 0.273. The fourth-order valence-corrected chi connectivity index (χ4v) is 3.92. The van der Waals surface area contributed by atoms with Gasteiger partial charge in [-0.15, -0.1) is 0 Å². The third kappa shape index (κ3) is 3.27. The first-order valence-corrected chi connectivity index (χ1v) is 9.69. The van der Waals surface area contributed by atoms with E-state index in [4.69, 9.17) is 4.98 Å². The summed E-state index contributed by atoms with van der Waals surface area (Å²) in [5, 5.41) is 0. The Hall–Kier alpha value is -3.12. The van der Waals surface area contributed by atoms with Crippen molar-refractivity contribution in [2.45, 2.75) is 32.4 Å².